The van der Waals surface area contributed by atoms with E-state index in [2.05, 4.69) is 27.6 Å². The Kier molecular flexibility index (Phi) is 5.45. The maximum absolute atomic E-state index is 12.7. The summed E-state index contributed by atoms with van der Waals surface area (Å²) in [6, 6.07) is 1.60. The third-order valence-electron chi connectivity index (χ3n) is 5.74. The molecule has 1 fully saturated rings. The normalized spacial score (nSPS) is 23.4. The van der Waals surface area contributed by atoms with Crippen LogP contribution in [0.5, 0.6) is 0 Å². The van der Waals surface area contributed by atoms with E-state index in [0.717, 1.165) is 49.0 Å². The molecule has 154 valence electrons. The fourth-order valence-corrected chi connectivity index (χ4v) is 4.58. The fraction of sp³-hybridized carbons (Fsp3) is 0.500. The number of fused-ring (bicyclic) bond motifs is 1. The average Bonchev–Trinajstić information content (AvgIpc) is 3.22. The smallest absolute Gasteiger partial charge is 0.404 e. The van der Waals surface area contributed by atoms with Crippen LogP contribution in [0.25, 0.3) is 11.1 Å². The van der Waals surface area contributed by atoms with Crippen LogP contribution >= 0.6 is 11.6 Å². The van der Waals surface area contributed by atoms with Crippen LogP contribution < -0.4 is 10.6 Å². The molecule has 2 amide bonds. The van der Waals surface area contributed by atoms with Crippen LogP contribution in [-0.4, -0.2) is 37.9 Å². The van der Waals surface area contributed by atoms with Gasteiger partial charge in [0.15, 0.2) is 0 Å². The molecule has 8 nitrogen and oxygen atoms in total. The van der Waals surface area contributed by atoms with Crippen molar-refractivity contribution in [2.75, 3.05) is 5.32 Å². The van der Waals surface area contributed by atoms with E-state index in [9.17, 15) is 9.59 Å². The summed E-state index contributed by atoms with van der Waals surface area (Å²) >= 11 is 6.40. The Morgan fingerprint density at radius 1 is 1.28 bits per heavy atom. The molecular formula is C20H24ClN5O3. The average molecular weight is 418 g/mol. The first-order valence-corrected chi connectivity index (χ1v) is 10.3. The number of halogens is 1. The Labute approximate surface area is 173 Å². The monoisotopic (exact) mass is 417 g/mol. The van der Waals surface area contributed by atoms with Gasteiger partial charge in [-0.05, 0) is 37.7 Å². The topological polar surface area (TPSA) is 109 Å². The Hall–Kier alpha value is -2.61. The minimum Gasteiger partial charge on any atom is -0.465 e. The summed E-state index contributed by atoms with van der Waals surface area (Å²) in [5, 5.41) is 19.3. The van der Waals surface area contributed by atoms with Crippen molar-refractivity contribution in [2.24, 2.45) is 11.8 Å². The minimum atomic E-state index is -1.05. The number of nitrogens with one attached hydrogen (secondary N) is 2. The van der Waals surface area contributed by atoms with E-state index >= 15 is 0 Å². The maximum atomic E-state index is 12.7. The van der Waals surface area contributed by atoms with Crippen LogP contribution in [-0.2, 0) is 17.8 Å². The SMILES string of the molecule is CC1Cc2c(-c3cc(NC(=O)[C@H]4CCC[C@@H](NC(=O)O)C4)ncc3Cl)cnn2C1. The molecule has 2 aliphatic rings. The van der Waals surface area contributed by atoms with Gasteiger partial charge in [0.1, 0.15) is 5.82 Å². The summed E-state index contributed by atoms with van der Waals surface area (Å²) in [7, 11) is 0. The zero-order valence-electron chi connectivity index (χ0n) is 16.2. The summed E-state index contributed by atoms with van der Waals surface area (Å²) in [4.78, 5) is 27.9. The number of aromatic nitrogens is 3. The summed E-state index contributed by atoms with van der Waals surface area (Å²) in [5.41, 5.74) is 2.93. The fourth-order valence-electron chi connectivity index (χ4n) is 4.37. The number of hydrogen-bond donors (Lipinski definition) is 3. The molecule has 3 heterocycles. The zero-order chi connectivity index (χ0) is 20.5. The molecule has 1 saturated carbocycles. The van der Waals surface area contributed by atoms with Crippen molar-refractivity contribution in [1.29, 1.82) is 0 Å². The molecule has 0 bridgehead atoms. The van der Waals surface area contributed by atoms with Crippen LogP contribution in [0.1, 0.15) is 38.3 Å². The highest BCUT2D eigenvalue weighted by Gasteiger charge is 2.29. The van der Waals surface area contributed by atoms with Crippen molar-refractivity contribution in [3.63, 3.8) is 0 Å². The van der Waals surface area contributed by atoms with E-state index in [1.807, 2.05) is 10.9 Å². The molecule has 9 heteroatoms. The van der Waals surface area contributed by atoms with Crippen LogP contribution in [0.3, 0.4) is 0 Å². The van der Waals surface area contributed by atoms with Crippen molar-refractivity contribution in [1.82, 2.24) is 20.1 Å². The number of rotatable bonds is 4. The minimum absolute atomic E-state index is 0.142. The Morgan fingerprint density at radius 3 is 2.90 bits per heavy atom. The van der Waals surface area contributed by atoms with Gasteiger partial charge >= 0.3 is 6.09 Å². The van der Waals surface area contributed by atoms with Crippen LogP contribution in [0.4, 0.5) is 10.6 Å². The van der Waals surface area contributed by atoms with Crippen molar-refractivity contribution in [3.8, 4) is 11.1 Å². The Morgan fingerprint density at radius 2 is 2.10 bits per heavy atom. The van der Waals surface area contributed by atoms with Gasteiger partial charge in [0.05, 0.1) is 11.2 Å². The van der Waals surface area contributed by atoms with Crippen molar-refractivity contribution in [3.05, 3.63) is 29.2 Å². The molecule has 29 heavy (non-hydrogen) atoms. The number of carbonyl (C=O) groups excluding carboxylic acids is 1. The van der Waals surface area contributed by atoms with Gasteiger partial charge in [-0.25, -0.2) is 9.78 Å². The quantitative estimate of drug-likeness (QED) is 0.704. The van der Waals surface area contributed by atoms with Crippen LogP contribution in [0.15, 0.2) is 18.5 Å². The molecule has 0 spiro atoms. The van der Waals surface area contributed by atoms with Gasteiger partial charge in [-0.3, -0.25) is 9.48 Å². The largest absolute Gasteiger partial charge is 0.465 e. The Bertz CT molecular complexity index is 944. The van der Waals surface area contributed by atoms with Crippen molar-refractivity contribution in [2.45, 2.75) is 51.6 Å². The molecule has 2 aromatic rings. The first kappa shape index (κ1) is 19.7. The Balaban J connectivity index is 1.50. The lowest BCUT2D eigenvalue weighted by Gasteiger charge is -2.28. The lowest BCUT2D eigenvalue weighted by molar-refractivity contribution is -0.121. The van der Waals surface area contributed by atoms with Gasteiger partial charge in [0, 0.05) is 41.5 Å². The summed E-state index contributed by atoms with van der Waals surface area (Å²) in [6.07, 6.45) is 6.04. The molecule has 3 atom stereocenters. The molecule has 3 N–H and O–H groups in total. The molecule has 0 saturated heterocycles. The van der Waals surface area contributed by atoms with E-state index in [1.165, 1.54) is 0 Å². The second-order valence-corrected chi connectivity index (χ2v) is 8.45. The van der Waals surface area contributed by atoms with E-state index in [-0.39, 0.29) is 17.9 Å². The first-order chi connectivity index (χ1) is 13.9. The number of nitrogens with zero attached hydrogens (tertiary/aromatic N) is 3. The predicted molar refractivity (Wildman–Crippen MR) is 109 cm³/mol. The number of carbonyl (C=O) groups is 2. The first-order valence-electron chi connectivity index (χ1n) is 9.91. The van der Waals surface area contributed by atoms with Gasteiger partial charge < -0.3 is 15.7 Å². The van der Waals surface area contributed by atoms with Crippen molar-refractivity contribution >= 4 is 29.4 Å². The highest BCUT2D eigenvalue weighted by molar-refractivity contribution is 6.33. The standard InChI is InChI=1S/C20H24ClN5O3/c1-11-5-17-15(8-23-26(17)10-11)14-7-18(22-9-16(14)21)25-19(27)12-3-2-4-13(6-12)24-20(28)29/h7-9,11-13,24H,2-6,10H2,1H3,(H,28,29)(H,22,25,27)/t11?,12-,13+/m0/s1. The van der Waals surface area contributed by atoms with E-state index < -0.39 is 6.09 Å². The van der Waals surface area contributed by atoms with Gasteiger partial charge in [-0.15, -0.1) is 0 Å². The number of amides is 2. The number of anilines is 1. The lowest BCUT2D eigenvalue weighted by Crippen LogP contribution is -2.40. The molecule has 1 aliphatic carbocycles. The maximum Gasteiger partial charge on any atom is 0.404 e. The number of carboxylic acid groups (broad SMARTS) is 1. The molecule has 4 rings (SSSR count). The molecule has 0 radical (unpaired) electrons. The zero-order valence-corrected chi connectivity index (χ0v) is 16.9. The predicted octanol–water partition coefficient (Wildman–Crippen LogP) is 3.56. The molecular weight excluding hydrogens is 394 g/mol. The third kappa shape index (κ3) is 4.22. The van der Waals surface area contributed by atoms with Crippen LogP contribution in [0.2, 0.25) is 5.02 Å². The number of pyridine rings is 1. The van der Waals surface area contributed by atoms with Gasteiger partial charge in [0.2, 0.25) is 5.91 Å². The highest BCUT2D eigenvalue weighted by atomic mass is 35.5. The summed E-state index contributed by atoms with van der Waals surface area (Å²) < 4.78 is 2.01. The summed E-state index contributed by atoms with van der Waals surface area (Å²) in [6.45, 7) is 3.09. The van der Waals surface area contributed by atoms with Crippen molar-refractivity contribution < 1.29 is 14.7 Å². The second-order valence-electron chi connectivity index (χ2n) is 8.04. The molecule has 1 unspecified atom stereocenters. The van der Waals surface area contributed by atoms with Gasteiger partial charge in [0.25, 0.3) is 0 Å². The van der Waals surface area contributed by atoms with Gasteiger partial charge in [-0.2, -0.15) is 5.10 Å². The van der Waals surface area contributed by atoms with E-state index in [4.69, 9.17) is 16.7 Å². The van der Waals surface area contributed by atoms with E-state index in [1.54, 1.807) is 12.3 Å². The number of hydrogen-bond acceptors (Lipinski definition) is 4. The third-order valence-corrected chi connectivity index (χ3v) is 6.05. The lowest BCUT2D eigenvalue weighted by atomic mass is 9.85. The molecule has 0 aromatic carbocycles. The summed E-state index contributed by atoms with van der Waals surface area (Å²) in [5.74, 6) is 0.587. The van der Waals surface area contributed by atoms with Crippen LogP contribution in [0, 0.1) is 11.8 Å². The van der Waals surface area contributed by atoms with Gasteiger partial charge in [-0.1, -0.05) is 24.9 Å². The molecule has 2 aromatic heterocycles. The second kappa shape index (κ2) is 8.02. The van der Waals surface area contributed by atoms with E-state index in [0.29, 0.717) is 23.2 Å². The highest BCUT2D eigenvalue weighted by Crippen LogP contribution is 2.35. The molecule has 1 aliphatic heterocycles.